The second-order valence-corrected chi connectivity index (χ2v) is 6.68. The molecule has 0 bridgehead atoms. The van der Waals surface area contributed by atoms with Crippen molar-refractivity contribution in [3.8, 4) is 0 Å². The Balaban J connectivity index is 2.61. The molecule has 8 heteroatoms. The smallest absolute Gasteiger partial charge is 0.310 e. The molecule has 0 aromatic carbocycles. The van der Waals surface area contributed by atoms with Crippen LogP contribution in [-0.4, -0.2) is 57.2 Å². The number of piperidine rings is 1. The fourth-order valence-electron chi connectivity index (χ4n) is 2.09. The van der Waals surface area contributed by atoms with Crippen molar-refractivity contribution in [2.75, 3.05) is 32.6 Å². The van der Waals surface area contributed by atoms with Gasteiger partial charge in [0, 0.05) is 13.1 Å². The van der Waals surface area contributed by atoms with Crippen LogP contribution in [0.4, 0.5) is 0 Å². The van der Waals surface area contributed by atoms with E-state index in [0.29, 0.717) is 19.4 Å². The lowest BCUT2D eigenvalue weighted by Crippen LogP contribution is -2.43. The maximum absolute atomic E-state index is 12.1. The van der Waals surface area contributed by atoms with E-state index in [4.69, 9.17) is 4.74 Å². The average Bonchev–Trinajstić information content (AvgIpc) is 2.45. The molecule has 0 spiro atoms. The van der Waals surface area contributed by atoms with Gasteiger partial charge in [-0.2, -0.15) is 0 Å². The third kappa shape index (κ3) is 4.75. The van der Waals surface area contributed by atoms with Crippen LogP contribution in [0.3, 0.4) is 0 Å². The Morgan fingerprint density at radius 3 is 2.65 bits per heavy atom. The van der Waals surface area contributed by atoms with Gasteiger partial charge in [0.2, 0.25) is 10.0 Å². The van der Waals surface area contributed by atoms with Gasteiger partial charge in [-0.15, -0.1) is 0 Å². The van der Waals surface area contributed by atoms with Crippen LogP contribution in [0.25, 0.3) is 0 Å². The van der Waals surface area contributed by atoms with E-state index >= 15 is 0 Å². The number of carbonyl (C=O) groups is 2. The fraction of sp³-hybridized carbons (Fsp3) is 0.833. The first-order valence-corrected chi connectivity index (χ1v) is 8.23. The summed E-state index contributed by atoms with van der Waals surface area (Å²) in [6.45, 7) is 2.50. The molecule has 1 saturated heterocycles. The van der Waals surface area contributed by atoms with E-state index < -0.39 is 21.9 Å². The number of esters is 2. The van der Waals surface area contributed by atoms with E-state index in [9.17, 15) is 18.0 Å². The van der Waals surface area contributed by atoms with Crippen molar-refractivity contribution in [3.05, 3.63) is 0 Å². The molecule has 7 nitrogen and oxygen atoms in total. The Hall–Kier alpha value is -1.15. The van der Waals surface area contributed by atoms with Crippen LogP contribution in [0.15, 0.2) is 0 Å². The highest BCUT2D eigenvalue weighted by molar-refractivity contribution is 7.89. The zero-order valence-electron chi connectivity index (χ0n) is 11.8. The Morgan fingerprint density at radius 1 is 1.35 bits per heavy atom. The molecule has 116 valence electrons. The summed E-state index contributed by atoms with van der Waals surface area (Å²) in [5.41, 5.74) is 0. The van der Waals surface area contributed by atoms with Crippen molar-refractivity contribution >= 4 is 22.0 Å². The molecule has 1 atom stereocenters. The molecule has 1 fully saturated rings. The van der Waals surface area contributed by atoms with Crippen molar-refractivity contribution in [2.24, 2.45) is 5.92 Å². The Bertz CT molecular complexity index is 447. The van der Waals surface area contributed by atoms with Crippen molar-refractivity contribution < 1.29 is 27.5 Å². The molecule has 0 amide bonds. The molecule has 0 aromatic rings. The number of nitrogens with zero attached hydrogens (tertiary/aromatic N) is 1. The fourth-order valence-corrected chi connectivity index (χ4v) is 3.59. The normalized spacial score (nSPS) is 20.4. The molecule has 20 heavy (non-hydrogen) atoms. The lowest BCUT2D eigenvalue weighted by molar-refractivity contribution is -0.149. The Morgan fingerprint density at radius 2 is 2.05 bits per heavy atom. The zero-order chi connectivity index (χ0) is 15.2. The predicted octanol–water partition coefficient (Wildman–Crippen LogP) is 0.154. The van der Waals surface area contributed by atoms with Gasteiger partial charge in [-0.1, -0.05) is 0 Å². The lowest BCUT2D eigenvalue weighted by atomic mass is 10.0. The van der Waals surface area contributed by atoms with Gasteiger partial charge in [-0.3, -0.25) is 9.59 Å². The molecule has 0 unspecified atom stereocenters. The quantitative estimate of drug-likeness (QED) is 0.649. The number of hydrogen-bond donors (Lipinski definition) is 0. The summed E-state index contributed by atoms with van der Waals surface area (Å²) in [4.78, 5) is 22.7. The van der Waals surface area contributed by atoms with Gasteiger partial charge in [-0.05, 0) is 19.8 Å². The minimum atomic E-state index is -3.55. The summed E-state index contributed by atoms with van der Waals surface area (Å²) < 4.78 is 34.8. The Kier molecular flexibility index (Phi) is 6.41. The molecular weight excluding hydrogens is 286 g/mol. The summed E-state index contributed by atoms with van der Waals surface area (Å²) in [6.07, 6.45) is 1.06. The number of sulfonamides is 1. The lowest BCUT2D eigenvalue weighted by Gasteiger charge is -2.30. The van der Waals surface area contributed by atoms with E-state index in [1.807, 2.05) is 0 Å². The zero-order valence-corrected chi connectivity index (χ0v) is 12.6. The maximum atomic E-state index is 12.1. The second-order valence-electron chi connectivity index (χ2n) is 4.59. The van der Waals surface area contributed by atoms with Crippen LogP contribution in [0, 0.1) is 5.92 Å². The molecule has 0 radical (unpaired) electrons. The molecule has 1 rings (SSSR count). The van der Waals surface area contributed by atoms with Crippen LogP contribution in [0.5, 0.6) is 0 Å². The first-order chi connectivity index (χ1) is 9.40. The van der Waals surface area contributed by atoms with Crippen LogP contribution >= 0.6 is 0 Å². The average molecular weight is 307 g/mol. The standard InChI is InChI=1S/C12H21NO6S/c1-3-19-12(15)10-5-4-7-13(9-10)20(16,17)8-6-11(14)18-2/h10H,3-9H2,1-2H3/t10-/m1/s1. The first kappa shape index (κ1) is 16.9. The van der Waals surface area contributed by atoms with Gasteiger partial charge in [0.05, 0.1) is 31.8 Å². The van der Waals surface area contributed by atoms with Gasteiger partial charge >= 0.3 is 11.9 Å². The highest BCUT2D eigenvalue weighted by Gasteiger charge is 2.33. The highest BCUT2D eigenvalue weighted by Crippen LogP contribution is 2.21. The minimum Gasteiger partial charge on any atom is -0.469 e. The number of methoxy groups -OCH3 is 1. The van der Waals surface area contributed by atoms with Gasteiger partial charge in [0.1, 0.15) is 0 Å². The molecule has 0 aromatic heterocycles. The summed E-state index contributed by atoms with van der Waals surface area (Å²) >= 11 is 0. The van der Waals surface area contributed by atoms with E-state index in [0.717, 1.165) is 0 Å². The maximum Gasteiger partial charge on any atom is 0.310 e. The van der Waals surface area contributed by atoms with Crippen LogP contribution in [0.2, 0.25) is 0 Å². The molecule has 0 N–H and O–H groups in total. The Labute approximate surface area is 119 Å². The largest absolute Gasteiger partial charge is 0.469 e. The summed E-state index contributed by atoms with van der Waals surface area (Å²) in [6, 6.07) is 0. The monoisotopic (exact) mass is 307 g/mol. The summed E-state index contributed by atoms with van der Waals surface area (Å²) in [7, 11) is -2.33. The van der Waals surface area contributed by atoms with Crippen LogP contribution in [-0.2, 0) is 29.1 Å². The topological polar surface area (TPSA) is 90.0 Å². The first-order valence-electron chi connectivity index (χ1n) is 6.62. The molecule has 0 saturated carbocycles. The number of hydrogen-bond acceptors (Lipinski definition) is 6. The third-order valence-corrected chi connectivity index (χ3v) is 5.03. The number of carbonyl (C=O) groups excluding carboxylic acids is 2. The second kappa shape index (κ2) is 7.58. The van der Waals surface area contributed by atoms with Gasteiger partial charge in [0.25, 0.3) is 0 Å². The molecule has 1 aliphatic heterocycles. The van der Waals surface area contributed by atoms with Crippen molar-refractivity contribution in [1.82, 2.24) is 4.31 Å². The van der Waals surface area contributed by atoms with Crippen molar-refractivity contribution in [1.29, 1.82) is 0 Å². The molecule has 1 aliphatic rings. The highest BCUT2D eigenvalue weighted by atomic mass is 32.2. The molecule has 1 heterocycles. The molecule has 0 aliphatic carbocycles. The summed E-state index contributed by atoms with van der Waals surface area (Å²) in [5.74, 6) is -1.64. The number of rotatable bonds is 6. The van der Waals surface area contributed by atoms with Crippen molar-refractivity contribution in [3.63, 3.8) is 0 Å². The van der Waals surface area contributed by atoms with E-state index in [1.165, 1.54) is 11.4 Å². The van der Waals surface area contributed by atoms with E-state index in [2.05, 4.69) is 4.74 Å². The van der Waals surface area contributed by atoms with E-state index in [1.54, 1.807) is 6.92 Å². The molecular formula is C12H21NO6S. The predicted molar refractivity (Wildman–Crippen MR) is 71.3 cm³/mol. The van der Waals surface area contributed by atoms with E-state index in [-0.39, 0.29) is 31.3 Å². The van der Waals surface area contributed by atoms with Gasteiger partial charge in [-0.25, -0.2) is 12.7 Å². The minimum absolute atomic E-state index is 0.127. The summed E-state index contributed by atoms with van der Waals surface area (Å²) in [5, 5.41) is 0. The van der Waals surface area contributed by atoms with Gasteiger partial charge in [0.15, 0.2) is 0 Å². The van der Waals surface area contributed by atoms with Crippen LogP contribution < -0.4 is 0 Å². The number of ether oxygens (including phenoxy) is 2. The third-order valence-electron chi connectivity index (χ3n) is 3.19. The van der Waals surface area contributed by atoms with Gasteiger partial charge < -0.3 is 9.47 Å². The van der Waals surface area contributed by atoms with Crippen LogP contribution in [0.1, 0.15) is 26.2 Å². The van der Waals surface area contributed by atoms with Crippen molar-refractivity contribution in [2.45, 2.75) is 26.2 Å². The SMILES string of the molecule is CCOC(=O)[C@@H]1CCCN(S(=O)(=O)CCC(=O)OC)C1.